The van der Waals surface area contributed by atoms with E-state index in [9.17, 15) is 0 Å². The highest BCUT2D eigenvalue weighted by molar-refractivity contribution is 7.71. The lowest BCUT2D eigenvalue weighted by Crippen LogP contribution is -2.33. The summed E-state index contributed by atoms with van der Waals surface area (Å²) in [5.74, 6) is 0. The Hall–Kier alpha value is -0.980. The molecule has 6 heteroatoms. The molecule has 0 aliphatic rings. The van der Waals surface area contributed by atoms with E-state index in [1.165, 1.54) is 4.88 Å². The quantitative estimate of drug-likeness (QED) is 0.879. The third-order valence-electron chi connectivity index (χ3n) is 3.03. The van der Waals surface area contributed by atoms with Crippen LogP contribution in [0.1, 0.15) is 31.7 Å². The van der Waals surface area contributed by atoms with Crippen molar-refractivity contribution in [2.45, 2.75) is 33.5 Å². The first-order valence-electron chi connectivity index (χ1n) is 6.25. The number of aromatic nitrogens is 3. The van der Waals surface area contributed by atoms with Crippen molar-refractivity contribution >= 4 is 23.6 Å². The van der Waals surface area contributed by atoms with E-state index in [2.05, 4.69) is 48.7 Å². The monoisotopic (exact) mass is 296 g/mol. The molecule has 0 aliphatic carbocycles. The maximum absolute atomic E-state index is 5.30. The molecule has 0 spiro atoms. The van der Waals surface area contributed by atoms with Crippen LogP contribution in [0.4, 0.5) is 0 Å². The van der Waals surface area contributed by atoms with Crippen LogP contribution in [0.5, 0.6) is 0 Å². The Morgan fingerprint density at radius 2 is 2.21 bits per heavy atom. The number of hydrogen-bond acceptors (Lipinski definition) is 4. The molecular weight excluding hydrogens is 276 g/mol. The number of nitrogens with zero attached hydrogens (tertiary/aromatic N) is 3. The first kappa shape index (κ1) is 14.4. The highest BCUT2D eigenvalue weighted by atomic mass is 32.1. The maximum atomic E-state index is 5.30. The van der Waals surface area contributed by atoms with Gasteiger partial charge in [-0.25, -0.2) is 4.68 Å². The van der Waals surface area contributed by atoms with Crippen LogP contribution < -0.4 is 5.32 Å². The zero-order chi connectivity index (χ0) is 14.0. The third-order valence-corrected chi connectivity index (χ3v) is 4.46. The van der Waals surface area contributed by atoms with Crippen molar-refractivity contribution < 1.29 is 0 Å². The normalized spacial score (nSPS) is 13.7. The molecule has 2 heterocycles. The van der Waals surface area contributed by atoms with Gasteiger partial charge in [-0.1, -0.05) is 26.8 Å². The summed E-state index contributed by atoms with van der Waals surface area (Å²) < 4.78 is 4.38. The van der Waals surface area contributed by atoms with Crippen molar-refractivity contribution in [3.05, 3.63) is 33.5 Å². The van der Waals surface area contributed by atoms with E-state index in [-0.39, 0.29) is 11.5 Å². The molecule has 0 aromatic carbocycles. The second kappa shape index (κ2) is 5.56. The molecule has 0 saturated heterocycles. The van der Waals surface area contributed by atoms with Gasteiger partial charge in [-0.05, 0) is 29.1 Å². The van der Waals surface area contributed by atoms with Crippen LogP contribution in [-0.2, 0) is 13.7 Å². The Bertz CT molecular complexity index is 575. The number of aryl methyl sites for hydroxylation is 1. The predicted octanol–water partition coefficient (Wildman–Crippen LogP) is 3.35. The summed E-state index contributed by atoms with van der Waals surface area (Å²) in [5, 5.41) is 9.94. The van der Waals surface area contributed by atoms with E-state index >= 15 is 0 Å². The SMILES string of the molecule is Cn1cnn(CN[C@H](c2cccs2)C(C)(C)C)c1=S. The summed E-state index contributed by atoms with van der Waals surface area (Å²) in [6.45, 7) is 7.34. The van der Waals surface area contributed by atoms with Crippen molar-refractivity contribution in [2.24, 2.45) is 12.5 Å². The molecule has 0 fully saturated rings. The van der Waals surface area contributed by atoms with Gasteiger partial charge in [-0.2, -0.15) is 5.10 Å². The Morgan fingerprint density at radius 1 is 1.47 bits per heavy atom. The molecule has 0 aliphatic heterocycles. The van der Waals surface area contributed by atoms with Gasteiger partial charge in [-0.15, -0.1) is 11.3 Å². The number of rotatable bonds is 4. The molecule has 0 bridgehead atoms. The van der Waals surface area contributed by atoms with Crippen LogP contribution in [0.15, 0.2) is 23.8 Å². The summed E-state index contributed by atoms with van der Waals surface area (Å²) in [5.41, 5.74) is 0.141. The average molecular weight is 296 g/mol. The van der Waals surface area contributed by atoms with Gasteiger partial charge in [0.1, 0.15) is 6.33 Å². The molecule has 19 heavy (non-hydrogen) atoms. The second-order valence-corrected chi connectivity index (χ2v) is 7.05. The Balaban J connectivity index is 2.14. The van der Waals surface area contributed by atoms with E-state index in [0.717, 1.165) is 4.77 Å². The van der Waals surface area contributed by atoms with Gasteiger partial charge < -0.3 is 4.57 Å². The van der Waals surface area contributed by atoms with Crippen LogP contribution in [-0.4, -0.2) is 14.3 Å². The van der Waals surface area contributed by atoms with Gasteiger partial charge >= 0.3 is 0 Å². The molecule has 2 aromatic heterocycles. The lowest BCUT2D eigenvalue weighted by molar-refractivity contribution is 0.255. The van der Waals surface area contributed by atoms with Crippen molar-refractivity contribution in [3.8, 4) is 0 Å². The van der Waals surface area contributed by atoms with E-state index in [1.807, 2.05) is 16.3 Å². The van der Waals surface area contributed by atoms with Crippen LogP contribution in [0, 0.1) is 10.2 Å². The van der Waals surface area contributed by atoms with Crippen LogP contribution in [0.2, 0.25) is 0 Å². The number of thiophene rings is 1. The molecule has 0 saturated carbocycles. The van der Waals surface area contributed by atoms with Gasteiger partial charge in [-0.3, -0.25) is 5.32 Å². The van der Waals surface area contributed by atoms with E-state index < -0.39 is 0 Å². The molecule has 0 amide bonds. The predicted molar refractivity (Wildman–Crippen MR) is 81.7 cm³/mol. The fraction of sp³-hybridized carbons (Fsp3) is 0.538. The fourth-order valence-corrected chi connectivity index (χ4v) is 3.20. The average Bonchev–Trinajstić information content (AvgIpc) is 2.92. The summed E-state index contributed by atoms with van der Waals surface area (Å²) in [4.78, 5) is 1.34. The van der Waals surface area contributed by atoms with E-state index in [1.54, 1.807) is 17.7 Å². The zero-order valence-electron chi connectivity index (χ0n) is 11.8. The fourth-order valence-electron chi connectivity index (χ4n) is 2.00. The molecule has 1 atom stereocenters. The van der Waals surface area contributed by atoms with Gasteiger partial charge in [0.2, 0.25) is 0 Å². The van der Waals surface area contributed by atoms with Gasteiger partial charge in [0, 0.05) is 18.0 Å². The van der Waals surface area contributed by atoms with Gasteiger partial charge in [0.05, 0.1) is 6.67 Å². The highest BCUT2D eigenvalue weighted by Crippen LogP contribution is 2.35. The molecular formula is C13H20N4S2. The van der Waals surface area contributed by atoms with Gasteiger partial charge in [0.15, 0.2) is 4.77 Å². The molecule has 4 nitrogen and oxygen atoms in total. The molecule has 0 unspecified atom stereocenters. The standard InChI is InChI=1S/C13H20N4S2/c1-13(2,3)11(10-6-5-7-19-10)14-8-17-12(18)16(4)9-15-17/h5-7,9,11,14H,8H2,1-4H3/t11-/m1/s1. The smallest absolute Gasteiger partial charge is 0.198 e. The van der Waals surface area contributed by atoms with Crippen LogP contribution >= 0.6 is 23.6 Å². The molecule has 1 N–H and O–H groups in total. The zero-order valence-corrected chi connectivity index (χ0v) is 13.4. The second-order valence-electron chi connectivity index (χ2n) is 5.70. The van der Waals surface area contributed by atoms with Crippen molar-refractivity contribution in [1.82, 2.24) is 19.7 Å². The molecule has 2 aromatic rings. The Kier molecular flexibility index (Phi) is 4.23. The summed E-state index contributed by atoms with van der Waals surface area (Å²) in [6, 6.07) is 4.55. The first-order chi connectivity index (χ1) is 8.89. The van der Waals surface area contributed by atoms with E-state index in [4.69, 9.17) is 12.2 Å². The lowest BCUT2D eigenvalue weighted by Gasteiger charge is -2.30. The number of nitrogens with one attached hydrogen (secondary N) is 1. The van der Waals surface area contributed by atoms with Crippen molar-refractivity contribution in [1.29, 1.82) is 0 Å². The third kappa shape index (κ3) is 3.32. The Morgan fingerprint density at radius 3 is 2.68 bits per heavy atom. The minimum Gasteiger partial charge on any atom is -0.310 e. The van der Waals surface area contributed by atoms with Crippen LogP contribution in [0.3, 0.4) is 0 Å². The topological polar surface area (TPSA) is 34.8 Å². The van der Waals surface area contributed by atoms with Gasteiger partial charge in [0.25, 0.3) is 0 Å². The molecule has 2 rings (SSSR count). The summed E-state index contributed by atoms with van der Waals surface area (Å²) >= 11 is 7.08. The molecule has 0 radical (unpaired) electrons. The minimum absolute atomic E-state index is 0.141. The Labute approximate surface area is 123 Å². The first-order valence-corrected chi connectivity index (χ1v) is 7.53. The van der Waals surface area contributed by atoms with Crippen molar-refractivity contribution in [2.75, 3.05) is 0 Å². The largest absolute Gasteiger partial charge is 0.310 e. The lowest BCUT2D eigenvalue weighted by atomic mass is 9.86. The summed E-state index contributed by atoms with van der Waals surface area (Å²) in [6.07, 6.45) is 1.74. The van der Waals surface area contributed by atoms with Crippen molar-refractivity contribution in [3.63, 3.8) is 0 Å². The minimum atomic E-state index is 0.141. The summed E-state index contributed by atoms with van der Waals surface area (Å²) in [7, 11) is 1.91. The van der Waals surface area contributed by atoms with Crippen LogP contribution in [0.25, 0.3) is 0 Å². The maximum Gasteiger partial charge on any atom is 0.198 e. The van der Waals surface area contributed by atoms with E-state index in [0.29, 0.717) is 6.67 Å². The number of hydrogen-bond donors (Lipinski definition) is 1. The highest BCUT2D eigenvalue weighted by Gasteiger charge is 2.26. The molecule has 104 valence electrons.